The predicted octanol–water partition coefficient (Wildman–Crippen LogP) is 2.43. The molecule has 0 bridgehead atoms. The van der Waals surface area contributed by atoms with Crippen molar-refractivity contribution in [3.63, 3.8) is 0 Å². The van der Waals surface area contributed by atoms with E-state index in [2.05, 4.69) is 31.1 Å². The number of esters is 1. The third kappa shape index (κ3) is 2.90. The number of benzene rings is 1. The fourth-order valence-corrected chi connectivity index (χ4v) is 3.35. The number of ether oxygens (including phenoxy) is 1. The van der Waals surface area contributed by atoms with Gasteiger partial charge in [0.25, 0.3) is 0 Å². The summed E-state index contributed by atoms with van der Waals surface area (Å²) in [5.74, 6) is 0.0462. The van der Waals surface area contributed by atoms with E-state index in [0.29, 0.717) is 11.3 Å². The quantitative estimate of drug-likeness (QED) is 0.774. The lowest BCUT2D eigenvalue weighted by Gasteiger charge is -2.30. The molecular formula is C17H18BrN3O3. The summed E-state index contributed by atoms with van der Waals surface area (Å²) in [5.41, 5.74) is 6.21. The topological polar surface area (TPSA) is 74.2 Å². The number of fused-ring (bicyclic) bond motifs is 1. The second-order valence-corrected chi connectivity index (χ2v) is 6.56. The first-order chi connectivity index (χ1) is 11.4. The Morgan fingerprint density at radius 1 is 1.46 bits per heavy atom. The van der Waals surface area contributed by atoms with Crippen molar-refractivity contribution in [3.8, 4) is 0 Å². The molecule has 0 saturated heterocycles. The number of hydrogen-bond donors (Lipinski definition) is 2. The third-order valence-electron chi connectivity index (χ3n) is 4.12. The van der Waals surface area contributed by atoms with Gasteiger partial charge in [-0.15, -0.1) is 0 Å². The molecule has 24 heavy (non-hydrogen) atoms. The van der Waals surface area contributed by atoms with E-state index < -0.39 is 12.1 Å². The SMILES string of the molecule is COC(=O)C(O)C1=C(C)N2NC(c3cccc(Br)c3)C=C2N=C1C. The van der Waals surface area contributed by atoms with Crippen LogP contribution in [0.1, 0.15) is 25.5 Å². The van der Waals surface area contributed by atoms with Crippen molar-refractivity contribution in [1.29, 1.82) is 0 Å². The lowest BCUT2D eigenvalue weighted by atomic mass is 10.0. The minimum atomic E-state index is -1.35. The molecule has 1 aromatic carbocycles. The number of carbonyl (C=O) groups is 1. The molecule has 2 atom stereocenters. The number of rotatable bonds is 3. The Morgan fingerprint density at radius 2 is 2.21 bits per heavy atom. The number of aliphatic imine (C=N–C) groups is 1. The minimum Gasteiger partial charge on any atom is -0.467 e. The average molecular weight is 392 g/mol. The van der Waals surface area contributed by atoms with Crippen LogP contribution < -0.4 is 5.43 Å². The highest BCUT2D eigenvalue weighted by Gasteiger charge is 2.34. The van der Waals surface area contributed by atoms with Crippen molar-refractivity contribution < 1.29 is 14.6 Å². The smallest absolute Gasteiger partial charge is 0.339 e. The van der Waals surface area contributed by atoms with Crippen LogP contribution in [0.2, 0.25) is 0 Å². The van der Waals surface area contributed by atoms with Crippen LogP contribution in [0.3, 0.4) is 0 Å². The molecule has 2 unspecified atom stereocenters. The molecule has 0 aliphatic carbocycles. The zero-order chi connectivity index (χ0) is 17.4. The maximum atomic E-state index is 11.7. The van der Waals surface area contributed by atoms with Gasteiger partial charge in [-0.25, -0.2) is 15.2 Å². The second-order valence-electron chi connectivity index (χ2n) is 5.64. The van der Waals surface area contributed by atoms with Gasteiger partial charge in [0.05, 0.1) is 13.2 Å². The van der Waals surface area contributed by atoms with E-state index in [1.807, 2.05) is 37.3 Å². The predicted molar refractivity (Wildman–Crippen MR) is 93.8 cm³/mol. The molecule has 0 radical (unpaired) electrons. The highest BCUT2D eigenvalue weighted by molar-refractivity contribution is 9.10. The standard InChI is InChI=1S/C17H18BrN3O3/c1-9-15(16(22)17(23)24-3)10(2)21-14(19-9)8-13(20-21)11-5-4-6-12(18)7-11/h4-8,13,16,20,22H,1-3H3. The average Bonchev–Trinajstić information content (AvgIpc) is 2.98. The molecule has 7 heteroatoms. The van der Waals surface area contributed by atoms with Gasteiger partial charge in [0.2, 0.25) is 0 Å². The number of carbonyl (C=O) groups excluding carboxylic acids is 1. The van der Waals surface area contributed by atoms with E-state index in [-0.39, 0.29) is 6.04 Å². The molecular weight excluding hydrogens is 374 g/mol. The molecule has 0 aromatic heterocycles. The van der Waals surface area contributed by atoms with Crippen LogP contribution in [0, 0.1) is 0 Å². The van der Waals surface area contributed by atoms with Crippen molar-refractivity contribution in [1.82, 2.24) is 10.4 Å². The molecule has 0 saturated carbocycles. The number of allylic oxidation sites excluding steroid dienone is 1. The Bertz CT molecular complexity index is 785. The van der Waals surface area contributed by atoms with Gasteiger partial charge in [-0.05, 0) is 37.6 Å². The monoisotopic (exact) mass is 391 g/mol. The fraction of sp³-hybridized carbons (Fsp3) is 0.294. The normalized spacial score (nSPS) is 21.2. The number of halogens is 1. The number of methoxy groups -OCH3 is 1. The van der Waals surface area contributed by atoms with Crippen LogP contribution in [-0.4, -0.2) is 35.0 Å². The van der Waals surface area contributed by atoms with E-state index in [4.69, 9.17) is 0 Å². The lowest BCUT2D eigenvalue weighted by Crippen LogP contribution is -2.39. The van der Waals surface area contributed by atoms with Gasteiger partial charge in [-0.1, -0.05) is 28.1 Å². The molecule has 0 spiro atoms. The number of hydrazine groups is 1. The summed E-state index contributed by atoms with van der Waals surface area (Å²) < 4.78 is 5.64. The van der Waals surface area contributed by atoms with E-state index in [1.54, 1.807) is 11.9 Å². The fourth-order valence-electron chi connectivity index (χ4n) is 2.93. The first-order valence-corrected chi connectivity index (χ1v) is 8.27. The van der Waals surface area contributed by atoms with Crippen LogP contribution >= 0.6 is 15.9 Å². The van der Waals surface area contributed by atoms with E-state index in [0.717, 1.165) is 21.6 Å². The Balaban J connectivity index is 1.94. The molecule has 2 N–H and O–H groups in total. The van der Waals surface area contributed by atoms with E-state index >= 15 is 0 Å². The van der Waals surface area contributed by atoms with Crippen molar-refractivity contribution in [2.45, 2.75) is 26.0 Å². The molecule has 3 rings (SSSR count). The number of aliphatic hydroxyl groups excluding tert-OH is 1. The highest BCUT2D eigenvalue weighted by atomic mass is 79.9. The van der Waals surface area contributed by atoms with Crippen molar-refractivity contribution in [2.75, 3.05) is 7.11 Å². The van der Waals surface area contributed by atoms with E-state index in [9.17, 15) is 9.90 Å². The van der Waals surface area contributed by atoms with Gasteiger partial charge >= 0.3 is 5.97 Å². The molecule has 2 aliphatic rings. The molecule has 126 valence electrons. The third-order valence-corrected chi connectivity index (χ3v) is 4.61. The van der Waals surface area contributed by atoms with Gasteiger partial charge < -0.3 is 9.84 Å². The van der Waals surface area contributed by atoms with Crippen molar-refractivity contribution in [3.05, 3.63) is 57.5 Å². The Morgan fingerprint density at radius 3 is 2.88 bits per heavy atom. The minimum absolute atomic E-state index is 0.0429. The summed E-state index contributed by atoms with van der Waals surface area (Å²) in [5, 5.41) is 12.0. The summed E-state index contributed by atoms with van der Waals surface area (Å²) in [6.07, 6.45) is 0.655. The van der Waals surface area contributed by atoms with Gasteiger partial charge in [-0.3, -0.25) is 5.01 Å². The summed E-state index contributed by atoms with van der Waals surface area (Å²) in [7, 11) is 1.25. The second kappa shape index (κ2) is 6.51. The summed E-state index contributed by atoms with van der Waals surface area (Å²) in [4.78, 5) is 16.2. The molecule has 6 nitrogen and oxygen atoms in total. The van der Waals surface area contributed by atoms with Gasteiger partial charge in [0.15, 0.2) is 6.10 Å². The number of aliphatic hydroxyl groups is 1. The first-order valence-electron chi connectivity index (χ1n) is 7.48. The molecule has 2 heterocycles. The Labute approximate surface area is 148 Å². The lowest BCUT2D eigenvalue weighted by molar-refractivity contribution is -0.148. The van der Waals surface area contributed by atoms with Crippen molar-refractivity contribution >= 4 is 27.6 Å². The van der Waals surface area contributed by atoms with Crippen LogP contribution in [-0.2, 0) is 9.53 Å². The number of nitrogens with one attached hydrogen (secondary N) is 1. The molecule has 1 aromatic rings. The summed E-state index contributed by atoms with van der Waals surface area (Å²) in [6.45, 7) is 3.61. The molecule has 0 amide bonds. The largest absolute Gasteiger partial charge is 0.467 e. The van der Waals surface area contributed by atoms with Crippen LogP contribution in [0.5, 0.6) is 0 Å². The summed E-state index contributed by atoms with van der Waals surface area (Å²) in [6, 6.07) is 7.96. The van der Waals surface area contributed by atoms with Gasteiger partial charge in [0.1, 0.15) is 5.82 Å². The Kier molecular flexibility index (Phi) is 4.58. The highest BCUT2D eigenvalue weighted by Crippen LogP contribution is 2.33. The van der Waals surface area contributed by atoms with Gasteiger partial charge in [-0.2, -0.15) is 0 Å². The maximum absolute atomic E-state index is 11.7. The van der Waals surface area contributed by atoms with Crippen LogP contribution in [0.15, 0.2) is 56.9 Å². The molecule has 0 fully saturated rings. The van der Waals surface area contributed by atoms with Gasteiger partial charge in [0, 0.05) is 21.5 Å². The zero-order valence-electron chi connectivity index (χ0n) is 13.6. The first kappa shape index (κ1) is 16.9. The zero-order valence-corrected chi connectivity index (χ0v) is 15.2. The number of hydrogen-bond acceptors (Lipinski definition) is 6. The van der Waals surface area contributed by atoms with Crippen LogP contribution in [0.4, 0.5) is 0 Å². The van der Waals surface area contributed by atoms with E-state index in [1.165, 1.54) is 7.11 Å². The summed E-state index contributed by atoms with van der Waals surface area (Å²) >= 11 is 3.48. The number of nitrogens with zero attached hydrogens (tertiary/aromatic N) is 2. The Hall–Kier alpha value is -1.96. The van der Waals surface area contributed by atoms with Crippen molar-refractivity contribution in [2.24, 2.45) is 4.99 Å². The molecule has 2 aliphatic heterocycles. The maximum Gasteiger partial charge on any atom is 0.339 e. The van der Waals surface area contributed by atoms with Crippen LogP contribution in [0.25, 0.3) is 0 Å².